The number of thioether (sulfide) groups is 1. The topological polar surface area (TPSA) is 59.5 Å². The molecule has 140 valence electrons. The van der Waals surface area contributed by atoms with Gasteiger partial charge in [-0.05, 0) is 24.3 Å². The van der Waals surface area contributed by atoms with Gasteiger partial charge in [-0.3, -0.25) is 9.59 Å². The number of benzene rings is 2. The van der Waals surface area contributed by atoms with Crippen molar-refractivity contribution < 1.29 is 18.7 Å². The molecule has 0 saturated carbocycles. The summed E-state index contributed by atoms with van der Waals surface area (Å²) in [6.07, 6.45) is 0. The maximum atomic E-state index is 13.5. The normalized spacial score (nSPS) is 10.7. The van der Waals surface area contributed by atoms with Crippen LogP contribution < -0.4 is 0 Å². The lowest BCUT2D eigenvalue weighted by molar-refractivity contribution is -0.149. The Bertz CT molecular complexity index is 928. The summed E-state index contributed by atoms with van der Waals surface area (Å²) in [5.74, 6) is -1.33. The van der Waals surface area contributed by atoms with Crippen LogP contribution in [0.5, 0.6) is 0 Å². The zero-order valence-electron chi connectivity index (χ0n) is 14.6. The van der Waals surface area contributed by atoms with Gasteiger partial charge in [0.1, 0.15) is 10.8 Å². The quantitative estimate of drug-likeness (QED) is 0.444. The third-order valence-electron chi connectivity index (χ3n) is 3.68. The number of carbonyl (C=O) groups excluding carboxylic acids is 2. The summed E-state index contributed by atoms with van der Waals surface area (Å²) >= 11 is 2.56. The molecule has 1 heterocycles. The minimum Gasteiger partial charge on any atom is -0.455 e. The van der Waals surface area contributed by atoms with Crippen LogP contribution in [-0.4, -0.2) is 41.2 Å². The Morgan fingerprint density at radius 3 is 2.70 bits per heavy atom. The first kappa shape index (κ1) is 19.3. The minimum atomic E-state index is -0.565. The fraction of sp³-hybridized carbons (Fsp3) is 0.211. The monoisotopic (exact) mass is 404 g/mol. The molecule has 0 aliphatic carbocycles. The van der Waals surface area contributed by atoms with Gasteiger partial charge in [0.15, 0.2) is 6.61 Å². The van der Waals surface area contributed by atoms with Crippen LogP contribution in [0.2, 0.25) is 0 Å². The Labute approximate surface area is 164 Å². The van der Waals surface area contributed by atoms with Crippen LogP contribution in [0.3, 0.4) is 0 Å². The van der Waals surface area contributed by atoms with Gasteiger partial charge in [0, 0.05) is 11.9 Å². The Balaban J connectivity index is 1.45. The smallest absolute Gasteiger partial charge is 0.316 e. The first-order valence-electron chi connectivity index (χ1n) is 8.14. The number of rotatable bonds is 7. The van der Waals surface area contributed by atoms with Crippen LogP contribution in [0.4, 0.5) is 4.39 Å². The zero-order chi connectivity index (χ0) is 19.2. The van der Waals surface area contributed by atoms with E-state index in [9.17, 15) is 14.0 Å². The van der Waals surface area contributed by atoms with Crippen LogP contribution >= 0.6 is 23.1 Å². The second-order valence-corrected chi connectivity index (χ2v) is 7.84. The minimum absolute atomic E-state index is 0.0597. The number of esters is 1. The Morgan fingerprint density at radius 1 is 1.19 bits per heavy atom. The van der Waals surface area contributed by atoms with Crippen molar-refractivity contribution in [3.63, 3.8) is 0 Å². The van der Waals surface area contributed by atoms with Crippen molar-refractivity contribution in [1.82, 2.24) is 9.88 Å². The highest BCUT2D eigenvalue weighted by Gasteiger charge is 2.15. The molecule has 3 rings (SSSR count). The molecule has 27 heavy (non-hydrogen) atoms. The highest BCUT2D eigenvalue weighted by atomic mass is 32.2. The summed E-state index contributed by atoms with van der Waals surface area (Å²) in [6.45, 7) is -0.00221. The average molecular weight is 404 g/mol. The number of hydrogen-bond donors (Lipinski definition) is 0. The summed E-state index contributed by atoms with van der Waals surface area (Å²) in [7, 11) is 1.64. The molecule has 5 nitrogen and oxygen atoms in total. The maximum absolute atomic E-state index is 13.5. The van der Waals surface area contributed by atoms with Gasteiger partial charge >= 0.3 is 5.97 Å². The molecule has 0 aliphatic heterocycles. The van der Waals surface area contributed by atoms with Crippen LogP contribution in [0.1, 0.15) is 5.01 Å². The lowest BCUT2D eigenvalue weighted by atomic mass is 10.3. The Kier molecular flexibility index (Phi) is 6.41. The van der Waals surface area contributed by atoms with Crippen molar-refractivity contribution in [3.05, 3.63) is 59.4 Å². The van der Waals surface area contributed by atoms with Crippen molar-refractivity contribution >= 4 is 45.2 Å². The summed E-state index contributed by atoms with van der Waals surface area (Å²) in [5.41, 5.74) is 0.898. The number of thiazole rings is 1. The van der Waals surface area contributed by atoms with Crippen LogP contribution in [0.15, 0.2) is 53.4 Å². The maximum Gasteiger partial charge on any atom is 0.316 e. The molecule has 0 saturated heterocycles. The zero-order valence-corrected chi connectivity index (χ0v) is 16.2. The van der Waals surface area contributed by atoms with Crippen molar-refractivity contribution in [2.75, 3.05) is 19.4 Å². The highest BCUT2D eigenvalue weighted by molar-refractivity contribution is 8.00. The number of hydrogen-bond acceptors (Lipinski definition) is 6. The number of halogens is 1. The van der Waals surface area contributed by atoms with Gasteiger partial charge in [0.2, 0.25) is 0 Å². The molecule has 0 unspecified atom stereocenters. The summed E-state index contributed by atoms with van der Waals surface area (Å²) in [6, 6.07) is 13.9. The summed E-state index contributed by atoms with van der Waals surface area (Å²) in [4.78, 5) is 30.3. The number of para-hydroxylation sites is 1. The predicted octanol–water partition coefficient (Wildman–Crippen LogP) is 3.73. The standard InChI is InChI=1S/C19H17FN2O3S2/c1-22(10-17-21-14-7-3-5-9-16(14)27-17)18(23)11-25-19(24)12-26-15-8-4-2-6-13(15)20/h2-9H,10-12H2,1H3. The SMILES string of the molecule is CN(Cc1nc2ccccc2s1)C(=O)COC(=O)CSc1ccccc1F. The van der Waals surface area contributed by atoms with Gasteiger partial charge in [-0.15, -0.1) is 23.1 Å². The van der Waals surface area contributed by atoms with E-state index < -0.39 is 5.97 Å². The van der Waals surface area contributed by atoms with Crippen molar-refractivity contribution in [2.45, 2.75) is 11.4 Å². The Hall–Kier alpha value is -2.45. The van der Waals surface area contributed by atoms with Crippen LogP contribution in [0.25, 0.3) is 10.2 Å². The largest absolute Gasteiger partial charge is 0.455 e. The van der Waals surface area contributed by atoms with E-state index in [2.05, 4.69) is 4.98 Å². The summed E-state index contributed by atoms with van der Waals surface area (Å²) < 4.78 is 19.6. The number of amides is 1. The molecule has 2 aromatic carbocycles. The van der Waals surface area contributed by atoms with Gasteiger partial charge in [-0.2, -0.15) is 0 Å². The lowest BCUT2D eigenvalue weighted by Gasteiger charge is -2.15. The number of likely N-dealkylation sites (N-methyl/N-ethyl adjacent to an activating group) is 1. The first-order valence-corrected chi connectivity index (χ1v) is 9.94. The number of fused-ring (bicyclic) bond motifs is 1. The van der Waals surface area contributed by atoms with Gasteiger partial charge in [-0.25, -0.2) is 9.37 Å². The second kappa shape index (κ2) is 8.96. The first-order chi connectivity index (χ1) is 13.0. The molecular formula is C19H17FN2O3S2. The van der Waals surface area contributed by atoms with E-state index >= 15 is 0 Å². The molecule has 0 fully saturated rings. The van der Waals surface area contributed by atoms with Gasteiger partial charge in [0.05, 0.1) is 22.5 Å². The molecule has 1 aromatic heterocycles. The fourth-order valence-electron chi connectivity index (χ4n) is 2.27. The molecule has 0 radical (unpaired) electrons. The number of aromatic nitrogens is 1. The average Bonchev–Trinajstić information content (AvgIpc) is 3.07. The van der Waals surface area contributed by atoms with Crippen LogP contribution in [-0.2, 0) is 20.9 Å². The number of nitrogens with zero attached hydrogens (tertiary/aromatic N) is 2. The molecule has 0 aliphatic rings. The van der Waals surface area contributed by atoms with E-state index in [0.29, 0.717) is 11.4 Å². The third-order valence-corrected chi connectivity index (χ3v) is 5.72. The van der Waals surface area contributed by atoms with Crippen molar-refractivity contribution in [1.29, 1.82) is 0 Å². The highest BCUT2D eigenvalue weighted by Crippen LogP contribution is 2.23. The molecule has 0 N–H and O–H groups in total. The fourth-order valence-corrected chi connectivity index (χ4v) is 4.03. The molecule has 0 atom stereocenters. The molecule has 3 aromatic rings. The van der Waals surface area contributed by atoms with Gasteiger partial charge in [0.25, 0.3) is 5.91 Å². The van der Waals surface area contributed by atoms with E-state index in [0.717, 1.165) is 27.0 Å². The lowest BCUT2D eigenvalue weighted by Crippen LogP contribution is -2.31. The van der Waals surface area contributed by atoms with E-state index in [-0.39, 0.29) is 24.1 Å². The van der Waals surface area contributed by atoms with E-state index in [1.54, 1.807) is 25.2 Å². The summed E-state index contributed by atoms with van der Waals surface area (Å²) in [5, 5.41) is 0.813. The van der Waals surface area contributed by atoms with E-state index in [4.69, 9.17) is 4.74 Å². The van der Waals surface area contributed by atoms with Gasteiger partial charge in [-0.1, -0.05) is 24.3 Å². The van der Waals surface area contributed by atoms with Crippen molar-refractivity contribution in [3.8, 4) is 0 Å². The van der Waals surface area contributed by atoms with Crippen molar-refractivity contribution in [2.24, 2.45) is 0 Å². The van der Waals surface area contributed by atoms with E-state index in [1.807, 2.05) is 24.3 Å². The van der Waals surface area contributed by atoms with E-state index in [1.165, 1.54) is 22.3 Å². The molecule has 0 spiro atoms. The molecule has 8 heteroatoms. The third kappa shape index (κ3) is 5.27. The Morgan fingerprint density at radius 2 is 1.93 bits per heavy atom. The second-order valence-electron chi connectivity index (χ2n) is 5.70. The van der Waals surface area contributed by atoms with Crippen LogP contribution in [0, 0.1) is 5.82 Å². The molecule has 0 bridgehead atoms. The molecular weight excluding hydrogens is 387 g/mol. The number of carbonyl (C=O) groups is 2. The molecule has 1 amide bonds. The number of ether oxygens (including phenoxy) is 1. The predicted molar refractivity (Wildman–Crippen MR) is 104 cm³/mol. The van der Waals surface area contributed by atoms with Gasteiger partial charge < -0.3 is 9.64 Å².